The van der Waals surface area contributed by atoms with Crippen LogP contribution in [-0.4, -0.2) is 40.1 Å². The second-order valence-electron chi connectivity index (χ2n) is 7.46. The standard InChI is InChI=1S/C23H22ClN5O2S/c1-30-21-10-3-2-9-19(21)20-14-18(31-27-20)15-32-23-26-25-22(28-11-4-5-12-28)29(23)17-8-6-7-16(24)13-17/h2-3,6-10,13-14H,4-5,11-12,15H2,1H3. The molecule has 0 atom stereocenters. The van der Waals surface area contributed by atoms with E-state index in [1.54, 1.807) is 18.9 Å². The van der Waals surface area contributed by atoms with Crippen LogP contribution in [0.2, 0.25) is 5.02 Å². The maximum Gasteiger partial charge on any atom is 0.232 e. The summed E-state index contributed by atoms with van der Waals surface area (Å²) in [4.78, 5) is 2.27. The van der Waals surface area contributed by atoms with Crippen LogP contribution >= 0.6 is 23.4 Å². The minimum absolute atomic E-state index is 0.570. The van der Waals surface area contributed by atoms with Crippen molar-refractivity contribution in [1.29, 1.82) is 0 Å². The predicted octanol–water partition coefficient (Wildman–Crippen LogP) is 5.48. The molecule has 0 unspecified atom stereocenters. The lowest BCUT2D eigenvalue weighted by Gasteiger charge is -2.18. The molecular weight excluding hydrogens is 446 g/mol. The lowest BCUT2D eigenvalue weighted by atomic mass is 10.1. The van der Waals surface area contributed by atoms with Crippen molar-refractivity contribution in [3.8, 4) is 22.7 Å². The van der Waals surface area contributed by atoms with Gasteiger partial charge in [0.05, 0.1) is 18.6 Å². The number of thioether (sulfide) groups is 1. The Labute approximate surface area is 195 Å². The summed E-state index contributed by atoms with van der Waals surface area (Å²) in [7, 11) is 1.65. The van der Waals surface area contributed by atoms with Crippen LogP contribution in [0.5, 0.6) is 5.75 Å². The molecule has 0 bridgehead atoms. The van der Waals surface area contributed by atoms with E-state index in [0.717, 1.165) is 65.5 Å². The number of methoxy groups -OCH3 is 1. The third kappa shape index (κ3) is 4.20. The van der Waals surface area contributed by atoms with Gasteiger partial charge in [0.25, 0.3) is 0 Å². The van der Waals surface area contributed by atoms with Gasteiger partial charge in [-0.15, -0.1) is 10.2 Å². The molecule has 9 heteroatoms. The van der Waals surface area contributed by atoms with E-state index in [1.807, 2.05) is 54.6 Å². The number of rotatable bonds is 7. The predicted molar refractivity (Wildman–Crippen MR) is 126 cm³/mol. The highest BCUT2D eigenvalue weighted by molar-refractivity contribution is 7.98. The van der Waals surface area contributed by atoms with E-state index in [1.165, 1.54) is 0 Å². The Balaban J connectivity index is 1.41. The molecule has 1 fully saturated rings. The third-order valence-electron chi connectivity index (χ3n) is 5.36. The summed E-state index contributed by atoms with van der Waals surface area (Å²) in [5.41, 5.74) is 2.58. The molecule has 0 saturated carbocycles. The van der Waals surface area contributed by atoms with Crippen LogP contribution in [0.15, 0.2) is 64.3 Å². The topological polar surface area (TPSA) is 69.2 Å². The Morgan fingerprint density at radius 3 is 2.72 bits per heavy atom. The molecule has 164 valence electrons. The molecule has 0 aliphatic carbocycles. The molecule has 4 aromatic rings. The molecule has 0 spiro atoms. The fraction of sp³-hybridized carbons (Fsp3) is 0.261. The summed E-state index contributed by atoms with van der Waals surface area (Å²) in [6, 6.07) is 17.5. The van der Waals surface area contributed by atoms with Crippen LogP contribution in [-0.2, 0) is 5.75 Å². The number of anilines is 1. The van der Waals surface area contributed by atoms with Crippen LogP contribution in [0.4, 0.5) is 5.95 Å². The van der Waals surface area contributed by atoms with Crippen molar-refractivity contribution >= 4 is 29.3 Å². The lowest BCUT2D eigenvalue weighted by Crippen LogP contribution is -2.22. The van der Waals surface area contributed by atoms with E-state index in [-0.39, 0.29) is 0 Å². The first-order valence-electron chi connectivity index (χ1n) is 10.4. The highest BCUT2D eigenvalue weighted by atomic mass is 35.5. The average molecular weight is 468 g/mol. The van der Waals surface area contributed by atoms with Crippen molar-refractivity contribution in [1.82, 2.24) is 19.9 Å². The molecule has 3 heterocycles. The molecule has 1 aliphatic heterocycles. The zero-order chi connectivity index (χ0) is 21.9. The van der Waals surface area contributed by atoms with E-state index in [2.05, 4.69) is 24.8 Å². The number of halogens is 1. The van der Waals surface area contributed by atoms with Gasteiger partial charge in [0.2, 0.25) is 5.95 Å². The van der Waals surface area contributed by atoms with Gasteiger partial charge in [-0.3, -0.25) is 4.57 Å². The highest BCUT2D eigenvalue weighted by Crippen LogP contribution is 2.33. The fourth-order valence-electron chi connectivity index (χ4n) is 3.82. The monoisotopic (exact) mass is 467 g/mol. The minimum Gasteiger partial charge on any atom is -0.496 e. The van der Waals surface area contributed by atoms with Crippen molar-refractivity contribution in [3.63, 3.8) is 0 Å². The molecule has 0 radical (unpaired) electrons. The van der Waals surface area contributed by atoms with E-state index in [0.29, 0.717) is 10.8 Å². The van der Waals surface area contributed by atoms with Gasteiger partial charge in [0.15, 0.2) is 5.16 Å². The molecular formula is C23H22ClN5O2S. The number of aromatic nitrogens is 4. The van der Waals surface area contributed by atoms with Crippen molar-refractivity contribution in [2.45, 2.75) is 23.8 Å². The summed E-state index contributed by atoms with van der Waals surface area (Å²) in [6.45, 7) is 1.96. The third-order valence-corrected chi connectivity index (χ3v) is 6.54. The Morgan fingerprint density at radius 1 is 1.06 bits per heavy atom. The van der Waals surface area contributed by atoms with Gasteiger partial charge in [-0.05, 0) is 43.2 Å². The molecule has 5 rings (SSSR count). The Morgan fingerprint density at radius 2 is 1.91 bits per heavy atom. The largest absolute Gasteiger partial charge is 0.496 e. The first kappa shape index (κ1) is 20.9. The molecule has 1 aliphatic rings. The second kappa shape index (κ2) is 9.26. The second-order valence-corrected chi connectivity index (χ2v) is 8.84. The normalized spacial score (nSPS) is 13.6. The SMILES string of the molecule is COc1ccccc1-c1cc(CSc2nnc(N3CCCC3)n2-c2cccc(Cl)c2)on1. The van der Waals surface area contributed by atoms with Gasteiger partial charge in [-0.2, -0.15) is 0 Å². The van der Waals surface area contributed by atoms with Gasteiger partial charge in [-0.1, -0.05) is 46.7 Å². The Hall–Kier alpha value is -2.97. The van der Waals surface area contributed by atoms with Crippen molar-refractivity contribution in [3.05, 3.63) is 65.4 Å². The van der Waals surface area contributed by atoms with Gasteiger partial charge in [0.1, 0.15) is 17.2 Å². The smallest absolute Gasteiger partial charge is 0.232 e. The van der Waals surface area contributed by atoms with E-state index in [9.17, 15) is 0 Å². The van der Waals surface area contributed by atoms with Gasteiger partial charge >= 0.3 is 0 Å². The van der Waals surface area contributed by atoms with Crippen molar-refractivity contribution in [2.24, 2.45) is 0 Å². The molecule has 32 heavy (non-hydrogen) atoms. The van der Waals surface area contributed by atoms with Crippen molar-refractivity contribution < 1.29 is 9.26 Å². The van der Waals surface area contributed by atoms with E-state index in [4.69, 9.17) is 20.9 Å². The van der Waals surface area contributed by atoms with Gasteiger partial charge < -0.3 is 14.2 Å². The quantitative estimate of drug-likeness (QED) is 0.333. The molecule has 7 nitrogen and oxygen atoms in total. The van der Waals surface area contributed by atoms with Crippen LogP contribution in [0.3, 0.4) is 0 Å². The zero-order valence-electron chi connectivity index (χ0n) is 17.6. The first-order valence-corrected chi connectivity index (χ1v) is 11.8. The summed E-state index contributed by atoms with van der Waals surface area (Å²) in [5.74, 6) is 2.93. The fourth-order valence-corrected chi connectivity index (χ4v) is 4.83. The van der Waals surface area contributed by atoms with Crippen LogP contribution in [0.1, 0.15) is 18.6 Å². The number of benzene rings is 2. The Kier molecular flexibility index (Phi) is 6.05. The van der Waals surface area contributed by atoms with E-state index < -0.39 is 0 Å². The molecule has 2 aromatic heterocycles. The Bertz CT molecular complexity index is 1220. The van der Waals surface area contributed by atoms with Crippen LogP contribution in [0.25, 0.3) is 16.9 Å². The van der Waals surface area contributed by atoms with Gasteiger partial charge in [-0.25, -0.2) is 0 Å². The number of hydrogen-bond acceptors (Lipinski definition) is 7. The molecule has 2 aromatic carbocycles. The number of para-hydroxylation sites is 1. The maximum atomic E-state index is 6.28. The molecule has 0 amide bonds. The minimum atomic E-state index is 0.570. The number of hydrogen-bond donors (Lipinski definition) is 0. The van der Waals surface area contributed by atoms with E-state index >= 15 is 0 Å². The lowest BCUT2D eigenvalue weighted by molar-refractivity contribution is 0.395. The number of ether oxygens (including phenoxy) is 1. The summed E-state index contributed by atoms with van der Waals surface area (Å²) >= 11 is 7.83. The van der Waals surface area contributed by atoms with Gasteiger partial charge in [0, 0.05) is 29.7 Å². The summed E-state index contributed by atoms with van der Waals surface area (Å²) < 4.78 is 13.1. The van der Waals surface area contributed by atoms with Crippen LogP contribution in [0, 0.1) is 0 Å². The maximum absolute atomic E-state index is 6.28. The number of nitrogens with zero attached hydrogens (tertiary/aromatic N) is 5. The first-order chi connectivity index (χ1) is 15.7. The molecule has 1 saturated heterocycles. The van der Waals surface area contributed by atoms with Crippen molar-refractivity contribution in [2.75, 3.05) is 25.1 Å². The average Bonchev–Trinajstić information content (AvgIpc) is 3.58. The zero-order valence-corrected chi connectivity index (χ0v) is 19.1. The summed E-state index contributed by atoms with van der Waals surface area (Å²) in [6.07, 6.45) is 2.32. The van der Waals surface area contributed by atoms with Crippen LogP contribution < -0.4 is 9.64 Å². The summed E-state index contributed by atoms with van der Waals surface area (Å²) in [5, 5.41) is 14.7. The molecule has 0 N–H and O–H groups in total. The highest BCUT2D eigenvalue weighted by Gasteiger charge is 2.23.